The Morgan fingerprint density at radius 2 is 1.81 bits per heavy atom. The molecule has 1 heterocycles. The van der Waals surface area contributed by atoms with Gasteiger partial charge in [-0.1, -0.05) is 19.4 Å². The Bertz CT molecular complexity index is 602. The number of aryl methyl sites for hydroxylation is 2. The van der Waals surface area contributed by atoms with Crippen molar-refractivity contribution in [2.75, 3.05) is 13.1 Å². The summed E-state index contributed by atoms with van der Waals surface area (Å²) in [5.74, 6) is 0.642. The van der Waals surface area contributed by atoms with E-state index in [0.717, 1.165) is 30.4 Å². The quantitative estimate of drug-likeness (QED) is 0.930. The first kappa shape index (κ1) is 16.5. The van der Waals surface area contributed by atoms with Gasteiger partial charge in [0, 0.05) is 13.1 Å². The van der Waals surface area contributed by atoms with Gasteiger partial charge in [0.1, 0.15) is 0 Å². The average molecular weight is 311 g/mol. The van der Waals surface area contributed by atoms with E-state index in [9.17, 15) is 13.5 Å². The highest BCUT2D eigenvalue weighted by atomic mass is 32.2. The first-order valence-electron chi connectivity index (χ1n) is 7.61. The van der Waals surface area contributed by atoms with Gasteiger partial charge in [0.15, 0.2) is 0 Å². The molecule has 4 nitrogen and oxygen atoms in total. The Morgan fingerprint density at radius 1 is 1.19 bits per heavy atom. The van der Waals surface area contributed by atoms with Crippen molar-refractivity contribution in [2.24, 2.45) is 5.92 Å². The molecule has 0 spiro atoms. The zero-order chi connectivity index (χ0) is 15.6. The first-order chi connectivity index (χ1) is 9.90. The molecule has 1 fully saturated rings. The van der Waals surface area contributed by atoms with Gasteiger partial charge in [-0.2, -0.15) is 4.31 Å². The van der Waals surface area contributed by atoms with Crippen LogP contribution in [0.4, 0.5) is 0 Å². The molecular formula is C16H25NO3S. The van der Waals surface area contributed by atoms with Crippen LogP contribution >= 0.6 is 0 Å². The molecule has 1 aromatic carbocycles. The van der Waals surface area contributed by atoms with E-state index in [1.165, 1.54) is 0 Å². The Labute approximate surface area is 127 Å². The minimum Gasteiger partial charge on any atom is -0.392 e. The summed E-state index contributed by atoms with van der Waals surface area (Å²) in [5.41, 5.74) is 2.36. The maximum atomic E-state index is 12.8. The molecule has 0 bridgehead atoms. The minimum absolute atomic E-state index is 0.132. The highest BCUT2D eigenvalue weighted by Crippen LogP contribution is 2.28. The molecule has 0 aromatic heterocycles. The molecule has 0 radical (unpaired) electrons. The third-order valence-electron chi connectivity index (χ3n) is 4.57. The van der Waals surface area contributed by atoms with Gasteiger partial charge in [-0.3, -0.25) is 0 Å². The van der Waals surface area contributed by atoms with E-state index in [0.29, 0.717) is 29.5 Å². The van der Waals surface area contributed by atoms with Crippen LogP contribution < -0.4 is 0 Å². The van der Waals surface area contributed by atoms with E-state index in [1.54, 1.807) is 10.4 Å². The normalized spacial score (nSPS) is 18.1. The number of nitrogens with zero attached hydrogens (tertiary/aromatic N) is 1. The van der Waals surface area contributed by atoms with Crippen LogP contribution in [0, 0.1) is 19.8 Å². The molecular weight excluding hydrogens is 286 g/mol. The number of hydrogen-bond donors (Lipinski definition) is 1. The van der Waals surface area contributed by atoms with Crippen LogP contribution in [0.15, 0.2) is 17.0 Å². The lowest BCUT2D eigenvalue weighted by Crippen LogP contribution is -2.38. The Balaban J connectivity index is 2.32. The molecule has 0 atom stereocenters. The summed E-state index contributed by atoms with van der Waals surface area (Å²) in [4.78, 5) is 0.340. The molecule has 0 unspecified atom stereocenters. The topological polar surface area (TPSA) is 57.6 Å². The van der Waals surface area contributed by atoms with Crippen molar-refractivity contribution in [3.63, 3.8) is 0 Å². The van der Waals surface area contributed by atoms with Crippen LogP contribution in [-0.2, 0) is 16.6 Å². The number of aliphatic hydroxyl groups excluding tert-OH is 1. The molecule has 1 saturated heterocycles. The fraction of sp³-hybridized carbons (Fsp3) is 0.625. The van der Waals surface area contributed by atoms with Crippen LogP contribution in [0.1, 0.15) is 42.9 Å². The number of piperidine rings is 1. The van der Waals surface area contributed by atoms with Crippen molar-refractivity contribution in [1.29, 1.82) is 0 Å². The summed E-state index contributed by atoms with van der Waals surface area (Å²) in [5, 5.41) is 9.37. The van der Waals surface area contributed by atoms with E-state index in [2.05, 4.69) is 6.92 Å². The highest BCUT2D eigenvalue weighted by Gasteiger charge is 2.30. The van der Waals surface area contributed by atoms with Gasteiger partial charge >= 0.3 is 0 Å². The number of benzene rings is 1. The van der Waals surface area contributed by atoms with Crippen LogP contribution in [0.25, 0.3) is 0 Å². The molecule has 0 saturated carbocycles. The van der Waals surface area contributed by atoms with Crippen molar-refractivity contribution < 1.29 is 13.5 Å². The van der Waals surface area contributed by atoms with Gasteiger partial charge in [-0.15, -0.1) is 0 Å². The lowest BCUT2D eigenvalue weighted by Gasteiger charge is -2.31. The van der Waals surface area contributed by atoms with Gasteiger partial charge in [0.05, 0.1) is 11.5 Å². The third-order valence-corrected chi connectivity index (χ3v) is 6.61. The molecule has 118 valence electrons. The predicted molar refractivity (Wildman–Crippen MR) is 83.6 cm³/mol. The summed E-state index contributed by atoms with van der Waals surface area (Å²) in [6.45, 7) is 6.94. The zero-order valence-electron chi connectivity index (χ0n) is 13.1. The van der Waals surface area contributed by atoms with Crippen LogP contribution in [0.3, 0.4) is 0 Å². The van der Waals surface area contributed by atoms with Crippen molar-refractivity contribution in [1.82, 2.24) is 4.31 Å². The summed E-state index contributed by atoms with van der Waals surface area (Å²) in [6.07, 6.45) is 2.99. The summed E-state index contributed by atoms with van der Waals surface area (Å²) >= 11 is 0. The van der Waals surface area contributed by atoms with Gasteiger partial charge in [-0.25, -0.2) is 8.42 Å². The molecule has 5 heteroatoms. The fourth-order valence-electron chi connectivity index (χ4n) is 3.02. The molecule has 1 aliphatic rings. The SMILES string of the molecule is CCC1CCN(S(=O)(=O)c2cc(CO)c(C)cc2C)CC1. The van der Waals surface area contributed by atoms with Crippen LogP contribution in [0.2, 0.25) is 0 Å². The second kappa shape index (κ2) is 6.46. The lowest BCUT2D eigenvalue weighted by atomic mass is 9.96. The maximum absolute atomic E-state index is 12.8. The largest absolute Gasteiger partial charge is 0.392 e. The molecule has 2 rings (SSSR count). The highest BCUT2D eigenvalue weighted by molar-refractivity contribution is 7.89. The second-order valence-electron chi connectivity index (χ2n) is 5.96. The number of sulfonamides is 1. The van der Waals surface area contributed by atoms with Gasteiger partial charge in [0.25, 0.3) is 0 Å². The molecule has 1 aromatic rings. The Hall–Kier alpha value is -0.910. The second-order valence-corrected chi connectivity index (χ2v) is 7.86. The molecule has 0 amide bonds. The third kappa shape index (κ3) is 3.30. The summed E-state index contributed by atoms with van der Waals surface area (Å²) < 4.78 is 27.2. The maximum Gasteiger partial charge on any atom is 0.243 e. The smallest absolute Gasteiger partial charge is 0.243 e. The van der Waals surface area contributed by atoms with Crippen LogP contribution in [-0.4, -0.2) is 30.9 Å². The van der Waals surface area contributed by atoms with E-state index in [4.69, 9.17) is 0 Å². The van der Waals surface area contributed by atoms with Gasteiger partial charge < -0.3 is 5.11 Å². The molecule has 1 N–H and O–H groups in total. The van der Waals surface area contributed by atoms with Crippen molar-refractivity contribution in [3.8, 4) is 0 Å². The molecule has 21 heavy (non-hydrogen) atoms. The average Bonchev–Trinajstić information content (AvgIpc) is 2.47. The standard InChI is InChI=1S/C16H25NO3S/c1-4-14-5-7-17(8-6-14)21(19,20)16-10-15(11-18)12(2)9-13(16)3/h9-10,14,18H,4-8,11H2,1-3H3. The summed E-state index contributed by atoms with van der Waals surface area (Å²) in [7, 11) is -3.45. The first-order valence-corrected chi connectivity index (χ1v) is 9.05. The van der Waals surface area contributed by atoms with Crippen molar-refractivity contribution in [2.45, 2.75) is 51.5 Å². The number of rotatable bonds is 4. The summed E-state index contributed by atoms with van der Waals surface area (Å²) in [6, 6.07) is 3.48. The van der Waals surface area contributed by atoms with E-state index >= 15 is 0 Å². The minimum atomic E-state index is -3.45. The fourth-order valence-corrected chi connectivity index (χ4v) is 4.75. The van der Waals surface area contributed by atoms with Crippen LogP contribution in [0.5, 0.6) is 0 Å². The van der Waals surface area contributed by atoms with E-state index < -0.39 is 10.0 Å². The number of aliphatic hydroxyl groups is 1. The van der Waals surface area contributed by atoms with Crippen molar-refractivity contribution in [3.05, 3.63) is 28.8 Å². The Kier molecular flexibility index (Phi) is 5.07. The monoisotopic (exact) mass is 311 g/mol. The lowest BCUT2D eigenvalue weighted by molar-refractivity contribution is 0.268. The predicted octanol–water partition coefficient (Wildman–Crippen LogP) is 2.61. The van der Waals surface area contributed by atoms with E-state index in [-0.39, 0.29) is 6.61 Å². The zero-order valence-corrected chi connectivity index (χ0v) is 13.9. The Morgan fingerprint density at radius 3 is 2.33 bits per heavy atom. The van der Waals surface area contributed by atoms with Gasteiger partial charge in [0.2, 0.25) is 10.0 Å². The molecule has 1 aliphatic heterocycles. The van der Waals surface area contributed by atoms with Gasteiger partial charge in [-0.05, 0) is 55.4 Å². The van der Waals surface area contributed by atoms with E-state index in [1.807, 2.05) is 19.9 Å². The molecule has 0 aliphatic carbocycles. The number of hydrogen-bond acceptors (Lipinski definition) is 3. The van der Waals surface area contributed by atoms with Crippen molar-refractivity contribution >= 4 is 10.0 Å².